The summed E-state index contributed by atoms with van der Waals surface area (Å²) in [4.78, 5) is 24.3. The van der Waals surface area contributed by atoms with Crippen molar-refractivity contribution >= 4 is 11.8 Å². The van der Waals surface area contributed by atoms with Crippen LogP contribution in [0, 0.1) is 11.3 Å². The molecule has 0 saturated carbocycles. The minimum Gasteiger partial charge on any atom is -0.456 e. The smallest absolute Gasteiger partial charge is 0.319 e. The molecule has 1 heterocycles. The number of ether oxygens (including phenoxy) is 1. The van der Waals surface area contributed by atoms with Gasteiger partial charge in [-0.15, -0.1) is 0 Å². The van der Waals surface area contributed by atoms with Gasteiger partial charge in [0, 0.05) is 0 Å². The van der Waals surface area contributed by atoms with E-state index in [2.05, 4.69) is 0 Å². The molecule has 2 atom stereocenters. The number of rotatable bonds is 2. The van der Waals surface area contributed by atoms with Gasteiger partial charge in [-0.2, -0.15) is 0 Å². The van der Waals surface area contributed by atoms with E-state index in [4.69, 9.17) is 4.74 Å². The number of cyclic esters (lactones) is 1. The molecule has 3 heteroatoms. The van der Waals surface area contributed by atoms with Crippen molar-refractivity contribution in [1.82, 2.24) is 0 Å². The molecule has 1 fully saturated rings. The van der Waals surface area contributed by atoms with Gasteiger partial charge in [0.1, 0.15) is 11.5 Å². The number of benzene rings is 1. The van der Waals surface area contributed by atoms with Crippen LogP contribution in [0.25, 0.3) is 0 Å². The summed E-state index contributed by atoms with van der Waals surface area (Å²) in [6.07, 6.45) is 0.235. The maximum absolute atomic E-state index is 12.4. The van der Waals surface area contributed by atoms with Crippen molar-refractivity contribution < 1.29 is 14.3 Å². The first kappa shape index (κ1) is 12.8. The lowest BCUT2D eigenvalue weighted by Gasteiger charge is -2.37. The molecule has 0 aromatic heterocycles. The Morgan fingerprint density at radius 1 is 1.17 bits per heavy atom. The molecule has 0 amide bonds. The van der Waals surface area contributed by atoms with Crippen LogP contribution in [0.5, 0.6) is 0 Å². The summed E-state index contributed by atoms with van der Waals surface area (Å²) in [6, 6.07) is 9.47. The molecule has 1 aromatic rings. The number of hydrogen-bond donors (Lipinski definition) is 0. The van der Waals surface area contributed by atoms with E-state index in [1.165, 1.54) is 0 Å². The first-order valence-electron chi connectivity index (χ1n) is 6.28. The largest absolute Gasteiger partial charge is 0.456 e. The van der Waals surface area contributed by atoms with Crippen LogP contribution in [0.4, 0.5) is 0 Å². The summed E-state index contributed by atoms with van der Waals surface area (Å²) in [5.74, 6) is -0.693. The second-order valence-electron chi connectivity index (χ2n) is 5.24. The fraction of sp³-hybridized carbons (Fsp3) is 0.467. The molecule has 96 valence electrons. The van der Waals surface area contributed by atoms with Crippen LogP contribution in [0.2, 0.25) is 0 Å². The van der Waals surface area contributed by atoms with Gasteiger partial charge >= 0.3 is 5.97 Å². The molecule has 1 saturated heterocycles. The first-order chi connectivity index (χ1) is 8.48. The van der Waals surface area contributed by atoms with Gasteiger partial charge in [0.15, 0.2) is 5.78 Å². The summed E-state index contributed by atoms with van der Waals surface area (Å²) in [5.41, 5.74) is -0.132. The highest BCUT2D eigenvalue weighted by molar-refractivity contribution is 6.06. The standard InChI is InChI=1S/C15H18O3/c1-4-11-12(10-8-6-5-7-9-10)18-14(17)15(2,3)13(11)16/h5-9,11-12H,4H2,1-3H3/t11-,12+/m0/s1. The predicted molar refractivity (Wildman–Crippen MR) is 67.8 cm³/mol. The van der Waals surface area contributed by atoms with E-state index in [1.54, 1.807) is 13.8 Å². The normalized spacial score (nSPS) is 26.8. The second-order valence-corrected chi connectivity index (χ2v) is 5.24. The van der Waals surface area contributed by atoms with Crippen molar-refractivity contribution in [2.75, 3.05) is 0 Å². The minimum atomic E-state index is -1.02. The highest BCUT2D eigenvalue weighted by Gasteiger charge is 2.50. The molecule has 1 aromatic carbocycles. The lowest BCUT2D eigenvalue weighted by molar-refractivity contribution is -0.179. The van der Waals surface area contributed by atoms with Gasteiger partial charge in [-0.25, -0.2) is 0 Å². The number of Topliss-reactive ketones (excluding diaryl/α,β-unsaturated/α-hetero) is 1. The fourth-order valence-electron chi connectivity index (χ4n) is 2.39. The third-order valence-corrected chi connectivity index (χ3v) is 3.63. The molecule has 1 aliphatic heterocycles. The Labute approximate surface area is 107 Å². The molecular formula is C15H18O3. The Bertz CT molecular complexity index is 462. The van der Waals surface area contributed by atoms with Crippen molar-refractivity contribution in [2.45, 2.75) is 33.3 Å². The van der Waals surface area contributed by atoms with Crippen molar-refractivity contribution in [2.24, 2.45) is 11.3 Å². The Balaban J connectivity index is 2.38. The van der Waals surface area contributed by atoms with Gasteiger partial charge in [-0.05, 0) is 25.8 Å². The average Bonchev–Trinajstić information content (AvgIpc) is 2.37. The van der Waals surface area contributed by atoms with Crippen LogP contribution in [0.3, 0.4) is 0 Å². The average molecular weight is 246 g/mol. The van der Waals surface area contributed by atoms with E-state index in [0.717, 1.165) is 5.56 Å². The minimum absolute atomic E-state index is 0.0184. The van der Waals surface area contributed by atoms with Crippen LogP contribution >= 0.6 is 0 Å². The Morgan fingerprint density at radius 2 is 1.78 bits per heavy atom. The summed E-state index contributed by atoms with van der Waals surface area (Å²) in [7, 11) is 0. The number of ketones is 1. The first-order valence-corrected chi connectivity index (χ1v) is 6.28. The van der Waals surface area contributed by atoms with Gasteiger partial charge in [0.05, 0.1) is 5.92 Å². The SMILES string of the molecule is CC[C@@H]1C(=O)C(C)(C)C(=O)O[C@@H]1c1ccccc1. The molecule has 0 spiro atoms. The maximum atomic E-state index is 12.4. The van der Waals surface area contributed by atoms with Crippen LogP contribution in [-0.4, -0.2) is 11.8 Å². The monoisotopic (exact) mass is 246 g/mol. The number of esters is 1. The predicted octanol–water partition coefficient (Wildman–Crippen LogP) is 2.91. The molecule has 2 rings (SSSR count). The third kappa shape index (κ3) is 1.94. The lowest BCUT2D eigenvalue weighted by atomic mass is 9.74. The molecule has 1 aliphatic rings. The molecule has 0 unspecified atom stereocenters. The highest BCUT2D eigenvalue weighted by Crippen LogP contribution is 2.41. The number of hydrogen-bond acceptors (Lipinski definition) is 3. The fourth-order valence-corrected chi connectivity index (χ4v) is 2.39. The Kier molecular flexibility index (Phi) is 3.24. The third-order valence-electron chi connectivity index (χ3n) is 3.63. The van der Waals surface area contributed by atoms with Crippen molar-refractivity contribution in [3.8, 4) is 0 Å². The van der Waals surface area contributed by atoms with E-state index in [-0.39, 0.29) is 11.7 Å². The van der Waals surface area contributed by atoms with Crippen molar-refractivity contribution in [3.05, 3.63) is 35.9 Å². The summed E-state index contributed by atoms with van der Waals surface area (Å²) >= 11 is 0. The molecule has 0 radical (unpaired) electrons. The summed E-state index contributed by atoms with van der Waals surface area (Å²) in [5, 5.41) is 0. The van der Waals surface area contributed by atoms with Gasteiger partial charge < -0.3 is 4.74 Å². The molecule has 0 N–H and O–H groups in total. The number of carbonyl (C=O) groups excluding carboxylic acids is 2. The summed E-state index contributed by atoms with van der Waals surface area (Å²) < 4.78 is 5.50. The number of carbonyl (C=O) groups is 2. The molecular weight excluding hydrogens is 228 g/mol. The second kappa shape index (κ2) is 4.56. The zero-order valence-electron chi connectivity index (χ0n) is 11.0. The molecule has 18 heavy (non-hydrogen) atoms. The quantitative estimate of drug-likeness (QED) is 0.595. The zero-order valence-corrected chi connectivity index (χ0v) is 11.0. The van der Waals surface area contributed by atoms with Crippen LogP contribution < -0.4 is 0 Å². The van der Waals surface area contributed by atoms with E-state index in [0.29, 0.717) is 6.42 Å². The van der Waals surface area contributed by atoms with E-state index in [9.17, 15) is 9.59 Å². The van der Waals surface area contributed by atoms with Crippen LogP contribution in [0.15, 0.2) is 30.3 Å². The Hall–Kier alpha value is -1.64. The van der Waals surface area contributed by atoms with Gasteiger partial charge in [0.2, 0.25) is 0 Å². The highest BCUT2D eigenvalue weighted by atomic mass is 16.5. The molecule has 3 nitrogen and oxygen atoms in total. The van der Waals surface area contributed by atoms with Crippen molar-refractivity contribution in [3.63, 3.8) is 0 Å². The van der Waals surface area contributed by atoms with Crippen LogP contribution in [-0.2, 0) is 14.3 Å². The van der Waals surface area contributed by atoms with E-state index < -0.39 is 17.5 Å². The Morgan fingerprint density at radius 3 is 2.33 bits per heavy atom. The summed E-state index contributed by atoms with van der Waals surface area (Å²) in [6.45, 7) is 5.23. The van der Waals surface area contributed by atoms with Gasteiger partial charge in [-0.3, -0.25) is 9.59 Å². The van der Waals surface area contributed by atoms with E-state index in [1.807, 2.05) is 37.3 Å². The van der Waals surface area contributed by atoms with E-state index >= 15 is 0 Å². The maximum Gasteiger partial charge on any atom is 0.319 e. The topological polar surface area (TPSA) is 43.4 Å². The van der Waals surface area contributed by atoms with Crippen LogP contribution in [0.1, 0.15) is 38.9 Å². The molecule has 0 aliphatic carbocycles. The van der Waals surface area contributed by atoms with Gasteiger partial charge in [0.25, 0.3) is 0 Å². The molecule has 0 bridgehead atoms. The van der Waals surface area contributed by atoms with Crippen molar-refractivity contribution in [1.29, 1.82) is 0 Å². The zero-order chi connectivity index (χ0) is 13.3. The van der Waals surface area contributed by atoms with Gasteiger partial charge in [-0.1, -0.05) is 37.3 Å². The lowest BCUT2D eigenvalue weighted by Crippen LogP contribution is -2.47.